The molecule has 7 nitrogen and oxygen atoms in total. The molecule has 0 N–H and O–H groups in total. The van der Waals surface area contributed by atoms with E-state index in [-0.39, 0.29) is 70.9 Å². The Balaban J connectivity index is 1.66. The second-order valence-electron chi connectivity index (χ2n) is 11.4. The average Bonchev–Trinajstić information content (AvgIpc) is 3.21. The van der Waals surface area contributed by atoms with Crippen LogP contribution >= 0.6 is 23.4 Å². The minimum absolute atomic E-state index is 0.00488. The van der Waals surface area contributed by atoms with Crippen molar-refractivity contribution in [3.05, 3.63) is 93.6 Å². The number of anilines is 1. The normalized spacial score (nSPS) is 20.1. The van der Waals surface area contributed by atoms with Gasteiger partial charge in [-0.15, -0.1) is 11.8 Å². The highest BCUT2D eigenvalue weighted by molar-refractivity contribution is 7.99. The number of aromatic nitrogens is 3. The first-order chi connectivity index (χ1) is 21.8. The van der Waals surface area contributed by atoms with Crippen molar-refractivity contribution >= 4 is 46.0 Å². The Morgan fingerprint density at radius 3 is 2.37 bits per heavy atom. The topological polar surface area (TPSA) is 71.3 Å². The number of nitrogens with zero attached hydrogens (tertiary/aromatic N) is 5. The summed E-state index contributed by atoms with van der Waals surface area (Å²) in [6.07, 6.45) is -0.619. The maximum atomic E-state index is 15.4. The molecule has 1 fully saturated rings. The molecule has 2 aromatic carbocycles. The number of benzene rings is 2. The summed E-state index contributed by atoms with van der Waals surface area (Å²) >= 11 is 7.03. The van der Waals surface area contributed by atoms with Crippen molar-refractivity contribution in [1.29, 1.82) is 0 Å². The van der Waals surface area contributed by atoms with Crippen LogP contribution in [-0.4, -0.2) is 56.3 Å². The van der Waals surface area contributed by atoms with Crippen molar-refractivity contribution in [2.24, 2.45) is 0 Å². The van der Waals surface area contributed by atoms with Crippen LogP contribution in [0.2, 0.25) is 5.02 Å². The lowest BCUT2D eigenvalue weighted by atomic mass is 9.95. The summed E-state index contributed by atoms with van der Waals surface area (Å²) in [6, 6.07) is 4.94. The van der Waals surface area contributed by atoms with Gasteiger partial charge in [-0.3, -0.25) is 14.3 Å². The standard InChI is InChI=1S/C32H27ClF5N5O2S/c1-4-26(44)43-16(2)12-41(13-17(43)3)30-21-9-22(32(36,37)38)27(20-10-23(33)25(35)11-24(20)34)29-28(21)42(31(45)40-30)14-19(15-46-29)18-5-7-39-8-6-18/h4-11,16-17,19H,1,12-15H2,2-3H3/t16-,17+,19-/m0/s1. The Kier molecular flexibility index (Phi) is 8.34. The molecule has 2 aliphatic rings. The first-order valence-electron chi connectivity index (χ1n) is 14.4. The van der Waals surface area contributed by atoms with Gasteiger partial charge in [-0.2, -0.15) is 18.2 Å². The molecular weight excluding hydrogens is 649 g/mol. The Bertz CT molecular complexity index is 1930. The summed E-state index contributed by atoms with van der Waals surface area (Å²) in [5, 5.41) is -0.502. The van der Waals surface area contributed by atoms with Gasteiger partial charge in [-0.05, 0) is 49.8 Å². The molecule has 0 unspecified atom stereocenters. The van der Waals surface area contributed by atoms with E-state index >= 15 is 17.6 Å². The summed E-state index contributed by atoms with van der Waals surface area (Å²) < 4.78 is 76.0. The number of rotatable bonds is 4. The Hall–Kier alpha value is -3.97. The SMILES string of the molecule is C=CC(=O)N1[C@H](C)CN(c2nc(=O)n3c4c(c(-c5cc(Cl)c(F)cc5F)c(C(F)(F)F)cc24)SC[C@@H](c2ccncc2)C3)C[C@@H]1C. The zero-order valence-corrected chi connectivity index (χ0v) is 26.2. The van der Waals surface area contributed by atoms with Crippen molar-refractivity contribution < 1.29 is 26.7 Å². The Morgan fingerprint density at radius 1 is 1.07 bits per heavy atom. The van der Waals surface area contributed by atoms with Gasteiger partial charge in [0.15, 0.2) is 0 Å². The predicted octanol–water partition coefficient (Wildman–Crippen LogP) is 6.91. The molecule has 0 radical (unpaired) electrons. The van der Waals surface area contributed by atoms with Crippen LogP contribution in [0.15, 0.2) is 65.1 Å². The summed E-state index contributed by atoms with van der Waals surface area (Å²) in [4.78, 5) is 38.1. The van der Waals surface area contributed by atoms with Crippen molar-refractivity contribution in [3.8, 4) is 11.1 Å². The van der Waals surface area contributed by atoms with Gasteiger partial charge >= 0.3 is 11.9 Å². The molecule has 4 heterocycles. The van der Waals surface area contributed by atoms with Gasteiger partial charge in [0.05, 0.1) is 16.1 Å². The number of carbonyl (C=O) groups excluding carboxylic acids is 1. The summed E-state index contributed by atoms with van der Waals surface area (Å²) in [5.41, 5.74) is -1.99. The molecule has 4 aromatic rings. The van der Waals surface area contributed by atoms with Crippen LogP contribution in [0.3, 0.4) is 0 Å². The second-order valence-corrected chi connectivity index (χ2v) is 12.9. The molecule has 1 amide bonds. The molecule has 46 heavy (non-hydrogen) atoms. The lowest BCUT2D eigenvalue weighted by molar-refractivity contribution is -0.137. The maximum absolute atomic E-state index is 15.4. The summed E-state index contributed by atoms with van der Waals surface area (Å²) in [6.45, 7) is 7.60. The summed E-state index contributed by atoms with van der Waals surface area (Å²) in [7, 11) is 0. The van der Waals surface area contributed by atoms with Crippen molar-refractivity contribution in [1.82, 2.24) is 19.4 Å². The number of hydrogen-bond acceptors (Lipinski definition) is 6. The number of halogens is 6. The van der Waals surface area contributed by atoms with Gasteiger partial charge in [-0.1, -0.05) is 18.2 Å². The van der Waals surface area contributed by atoms with Crippen molar-refractivity contribution in [3.63, 3.8) is 0 Å². The van der Waals surface area contributed by atoms with Gasteiger partial charge in [-0.25, -0.2) is 13.6 Å². The van der Waals surface area contributed by atoms with E-state index < -0.39 is 45.2 Å². The number of alkyl halides is 3. The maximum Gasteiger partial charge on any atom is 0.417 e. The number of hydrogen-bond donors (Lipinski definition) is 0. The smallest absolute Gasteiger partial charge is 0.352 e. The number of carbonyl (C=O) groups is 1. The van der Waals surface area contributed by atoms with Crippen LogP contribution in [0.1, 0.15) is 30.9 Å². The van der Waals surface area contributed by atoms with Gasteiger partial charge < -0.3 is 9.80 Å². The van der Waals surface area contributed by atoms with E-state index in [1.807, 2.05) is 0 Å². The van der Waals surface area contributed by atoms with Gasteiger partial charge in [0.1, 0.15) is 17.5 Å². The predicted molar refractivity (Wildman–Crippen MR) is 167 cm³/mol. The van der Waals surface area contributed by atoms with Crippen LogP contribution < -0.4 is 10.6 Å². The van der Waals surface area contributed by atoms with E-state index in [2.05, 4.69) is 16.5 Å². The number of pyridine rings is 1. The molecule has 14 heteroatoms. The molecule has 240 valence electrons. The lowest BCUT2D eigenvalue weighted by Gasteiger charge is -2.44. The number of thioether (sulfide) groups is 1. The molecule has 2 aliphatic heterocycles. The fraction of sp³-hybridized carbons (Fsp3) is 0.312. The lowest BCUT2D eigenvalue weighted by Crippen LogP contribution is -2.58. The van der Waals surface area contributed by atoms with E-state index in [4.69, 9.17) is 11.6 Å². The van der Waals surface area contributed by atoms with Gasteiger partial charge in [0, 0.05) is 83.3 Å². The molecule has 0 bridgehead atoms. The number of amides is 1. The third-order valence-electron chi connectivity index (χ3n) is 8.44. The Labute approximate surface area is 269 Å². The first kappa shape index (κ1) is 32.0. The molecular formula is C32H27ClF5N5O2S. The fourth-order valence-corrected chi connectivity index (χ4v) is 8.03. The summed E-state index contributed by atoms with van der Waals surface area (Å²) in [5.74, 6) is -2.72. The molecule has 0 aliphatic carbocycles. The zero-order valence-electron chi connectivity index (χ0n) is 24.6. The van der Waals surface area contributed by atoms with E-state index in [1.54, 1.807) is 48.2 Å². The zero-order chi connectivity index (χ0) is 33.1. The Morgan fingerprint density at radius 2 is 1.74 bits per heavy atom. The van der Waals surface area contributed by atoms with E-state index in [0.717, 1.165) is 29.5 Å². The second kappa shape index (κ2) is 12.0. The fourth-order valence-electron chi connectivity index (χ4n) is 6.48. The van der Waals surface area contributed by atoms with Crippen LogP contribution in [0.5, 0.6) is 0 Å². The highest BCUT2D eigenvalue weighted by atomic mass is 35.5. The molecule has 2 aromatic heterocycles. The molecule has 3 atom stereocenters. The third kappa shape index (κ3) is 5.53. The first-order valence-corrected chi connectivity index (χ1v) is 15.7. The molecule has 1 saturated heterocycles. The quantitative estimate of drug-likeness (QED) is 0.133. The van der Waals surface area contributed by atoms with Crippen molar-refractivity contribution in [2.75, 3.05) is 23.7 Å². The molecule has 0 spiro atoms. The third-order valence-corrected chi connectivity index (χ3v) is 9.98. The van der Waals surface area contributed by atoms with Gasteiger partial charge in [0.25, 0.3) is 0 Å². The van der Waals surface area contributed by atoms with Crippen LogP contribution in [0.4, 0.5) is 27.8 Å². The largest absolute Gasteiger partial charge is 0.417 e. The van der Waals surface area contributed by atoms with Crippen molar-refractivity contribution in [2.45, 2.75) is 49.5 Å². The molecule has 6 rings (SSSR count). The van der Waals surface area contributed by atoms with E-state index in [9.17, 15) is 14.0 Å². The van der Waals surface area contributed by atoms with Crippen LogP contribution in [-0.2, 0) is 17.5 Å². The van der Waals surface area contributed by atoms with Gasteiger partial charge in [0.2, 0.25) is 5.91 Å². The highest BCUT2D eigenvalue weighted by Gasteiger charge is 2.40. The van der Waals surface area contributed by atoms with Crippen LogP contribution in [0.25, 0.3) is 22.0 Å². The minimum Gasteiger partial charge on any atom is -0.352 e. The average molecular weight is 676 g/mol. The molecule has 0 saturated carbocycles. The monoisotopic (exact) mass is 675 g/mol. The number of piperazine rings is 1. The highest BCUT2D eigenvalue weighted by Crippen LogP contribution is 2.50. The van der Waals surface area contributed by atoms with Crippen LogP contribution in [0, 0.1) is 11.6 Å². The minimum atomic E-state index is -4.99. The van der Waals surface area contributed by atoms with E-state index in [0.29, 0.717) is 6.07 Å². The van der Waals surface area contributed by atoms with E-state index in [1.165, 1.54) is 10.6 Å².